The first-order valence-corrected chi connectivity index (χ1v) is 9.81. The lowest BCUT2D eigenvalue weighted by atomic mass is 9.84. The number of benzene rings is 1. The van der Waals surface area contributed by atoms with Gasteiger partial charge >= 0.3 is 0 Å². The molecule has 1 aromatic rings. The summed E-state index contributed by atoms with van der Waals surface area (Å²) in [4.78, 5) is 2.74. The van der Waals surface area contributed by atoms with E-state index >= 15 is 0 Å². The normalized spacial score (nSPS) is 22.5. The summed E-state index contributed by atoms with van der Waals surface area (Å²) in [6.45, 7) is 21.0. The van der Waals surface area contributed by atoms with Gasteiger partial charge in [-0.2, -0.15) is 0 Å². The van der Waals surface area contributed by atoms with Crippen molar-refractivity contribution in [2.75, 3.05) is 6.54 Å². The summed E-state index contributed by atoms with van der Waals surface area (Å²) < 4.78 is 0. The van der Waals surface area contributed by atoms with Crippen molar-refractivity contribution in [1.29, 1.82) is 0 Å². The number of likely N-dealkylation sites (tertiary alicyclic amines) is 1. The third kappa shape index (κ3) is 6.67. The molecule has 23 heavy (non-hydrogen) atoms. The van der Waals surface area contributed by atoms with Crippen LogP contribution in [0.3, 0.4) is 0 Å². The van der Waals surface area contributed by atoms with Gasteiger partial charge in [-0.1, -0.05) is 78.3 Å². The molecule has 3 atom stereocenters. The second-order valence-electron chi connectivity index (χ2n) is 6.77. The van der Waals surface area contributed by atoms with Gasteiger partial charge in [0, 0.05) is 12.1 Å². The molecule has 134 valence electrons. The number of aryl methyl sites for hydroxylation is 1. The Morgan fingerprint density at radius 3 is 2.17 bits per heavy atom. The van der Waals surface area contributed by atoms with Gasteiger partial charge in [0.25, 0.3) is 0 Å². The van der Waals surface area contributed by atoms with Crippen LogP contribution < -0.4 is 0 Å². The number of rotatable bonds is 3. The zero-order valence-corrected chi connectivity index (χ0v) is 17.2. The average Bonchev–Trinajstić information content (AvgIpc) is 2.58. The molecule has 1 fully saturated rings. The van der Waals surface area contributed by atoms with Crippen LogP contribution in [0.4, 0.5) is 0 Å². The predicted molar refractivity (Wildman–Crippen MR) is 106 cm³/mol. The van der Waals surface area contributed by atoms with E-state index in [2.05, 4.69) is 63.8 Å². The highest BCUT2D eigenvalue weighted by Gasteiger charge is 2.31. The van der Waals surface area contributed by atoms with Gasteiger partial charge in [-0.25, -0.2) is 0 Å². The van der Waals surface area contributed by atoms with Crippen LogP contribution in [0.1, 0.15) is 85.4 Å². The van der Waals surface area contributed by atoms with Crippen molar-refractivity contribution in [3.63, 3.8) is 0 Å². The number of hydrogen-bond acceptors (Lipinski definition) is 1. The second-order valence-corrected chi connectivity index (χ2v) is 6.77. The van der Waals surface area contributed by atoms with Crippen molar-refractivity contribution in [2.45, 2.75) is 87.2 Å². The largest absolute Gasteiger partial charge is 0.293 e. The van der Waals surface area contributed by atoms with E-state index in [1.165, 1.54) is 30.5 Å². The maximum Gasteiger partial charge on any atom is 0.0323 e. The highest BCUT2D eigenvalue weighted by atomic mass is 15.2. The minimum Gasteiger partial charge on any atom is -0.293 e. The molecule has 2 rings (SSSR count). The summed E-state index contributed by atoms with van der Waals surface area (Å²) in [6, 6.07) is 10.3. The fraction of sp³-hybridized carbons (Fsp3) is 0.727. The van der Waals surface area contributed by atoms with Crippen molar-refractivity contribution < 1.29 is 0 Å². The average molecular weight is 320 g/mol. The monoisotopic (exact) mass is 319 g/mol. The minimum absolute atomic E-state index is 0.541. The van der Waals surface area contributed by atoms with Crippen LogP contribution in [0.15, 0.2) is 24.3 Å². The quantitative estimate of drug-likeness (QED) is 0.588. The van der Waals surface area contributed by atoms with Gasteiger partial charge in [0.05, 0.1) is 0 Å². The predicted octanol–water partition coefficient (Wildman–Crippen LogP) is 6.86. The highest BCUT2D eigenvalue weighted by molar-refractivity contribution is 5.25. The number of piperidine rings is 1. The molecule has 1 heterocycles. The summed E-state index contributed by atoms with van der Waals surface area (Å²) in [5, 5.41) is 0. The summed E-state index contributed by atoms with van der Waals surface area (Å²) in [6.07, 6.45) is 2.70. The van der Waals surface area contributed by atoms with Crippen molar-refractivity contribution in [1.82, 2.24) is 4.90 Å². The van der Waals surface area contributed by atoms with Crippen LogP contribution in [0.5, 0.6) is 0 Å². The lowest BCUT2D eigenvalue weighted by Crippen LogP contribution is -2.46. The Labute approximate surface area is 146 Å². The van der Waals surface area contributed by atoms with Crippen LogP contribution >= 0.6 is 0 Å². The maximum atomic E-state index is 2.74. The third-order valence-corrected chi connectivity index (χ3v) is 4.74. The van der Waals surface area contributed by atoms with Crippen molar-refractivity contribution in [3.05, 3.63) is 35.4 Å². The first-order valence-electron chi connectivity index (χ1n) is 9.81. The summed E-state index contributed by atoms with van der Waals surface area (Å²) >= 11 is 0. The molecule has 3 unspecified atom stereocenters. The first-order chi connectivity index (χ1) is 11.0. The van der Waals surface area contributed by atoms with Crippen LogP contribution in [-0.4, -0.2) is 17.5 Å². The van der Waals surface area contributed by atoms with Crippen LogP contribution in [0.25, 0.3) is 0 Å². The number of hydrogen-bond donors (Lipinski definition) is 0. The molecule has 0 radical (unpaired) electrons. The zero-order valence-electron chi connectivity index (χ0n) is 17.2. The fourth-order valence-corrected chi connectivity index (χ4v) is 3.46. The Morgan fingerprint density at radius 2 is 1.65 bits per heavy atom. The SMILES string of the molecule is CC.CC.Cc1cccc(C(C)N2CCC(C)CC2C(C)C)c1. The van der Waals surface area contributed by atoms with Gasteiger partial charge in [-0.05, 0) is 50.6 Å². The summed E-state index contributed by atoms with van der Waals surface area (Å²) in [7, 11) is 0. The van der Waals surface area contributed by atoms with E-state index < -0.39 is 0 Å². The lowest BCUT2D eigenvalue weighted by molar-refractivity contribution is 0.0512. The molecule has 0 bridgehead atoms. The smallest absolute Gasteiger partial charge is 0.0323 e. The molecular formula is C22H41N. The molecule has 1 nitrogen and oxygen atoms in total. The van der Waals surface area contributed by atoms with Gasteiger partial charge in [0.2, 0.25) is 0 Å². The molecule has 1 saturated heterocycles. The van der Waals surface area contributed by atoms with E-state index in [0.717, 1.165) is 17.9 Å². The molecule has 0 aromatic heterocycles. The fourth-order valence-electron chi connectivity index (χ4n) is 3.46. The lowest BCUT2D eigenvalue weighted by Gasteiger charge is -2.44. The molecule has 1 aliphatic heterocycles. The van der Waals surface area contributed by atoms with E-state index in [1.54, 1.807) is 0 Å². The molecule has 0 spiro atoms. The van der Waals surface area contributed by atoms with Gasteiger partial charge in [-0.15, -0.1) is 0 Å². The molecule has 0 N–H and O–H groups in total. The van der Waals surface area contributed by atoms with Gasteiger partial charge < -0.3 is 0 Å². The van der Waals surface area contributed by atoms with Crippen molar-refractivity contribution in [3.8, 4) is 0 Å². The van der Waals surface area contributed by atoms with Crippen LogP contribution in [-0.2, 0) is 0 Å². The molecule has 1 aliphatic rings. The van der Waals surface area contributed by atoms with E-state index in [-0.39, 0.29) is 0 Å². The Balaban J connectivity index is 0.00000112. The van der Waals surface area contributed by atoms with Gasteiger partial charge in [0.1, 0.15) is 0 Å². The molecular weight excluding hydrogens is 278 g/mol. The van der Waals surface area contributed by atoms with Crippen molar-refractivity contribution >= 4 is 0 Å². The first kappa shape index (κ1) is 22.2. The molecule has 1 aromatic carbocycles. The molecule has 0 aliphatic carbocycles. The molecule has 0 amide bonds. The van der Waals surface area contributed by atoms with E-state index in [1.807, 2.05) is 27.7 Å². The summed E-state index contributed by atoms with van der Waals surface area (Å²) in [5.41, 5.74) is 2.84. The van der Waals surface area contributed by atoms with Crippen LogP contribution in [0, 0.1) is 18.8 Å². The molecule has 0 saturated carbocycles. The van der Waals surface area contributed by atoms with Gasteiger partial charge in [0.15, 0.2) is 0 Å². The van der Waals surface area contributed by atoms with E-state index in [0.29, 0.717) is 6.04 Å². The maximum absolute atomic E-state index is 2.74. The zero-order chi connectivity index (χ0) is 18.0. The highest BCUT2D eigenvalue weighted by Crippen LogP contribution is 2.34. The van der Waals surface area contributed by atoms with Crippen LogP contribution in [0.2, 0.25) is 0 Å². The Kier molecular flexibility index (Phi) is 11.3. The molecule has 1 heteroatoms. The van der Waals surface area contributed by atoms with Crippen molar-refractivity contribution in [2.24, 2.45) is 11.8 Å². The number of nitrogens with zero attached hydrogens (tertiary/aromatic N) is 1. The minimum atomic E-state index is 0.541. The Hall–Kier alpha value is -0.820. The topological polar surface area (TPSA) is 3.24 Å². The van der Waals surface area contributed by atoms with Gasteiger partial charge in [-0.3, -0.25) is 4.90 Å². The third-order valence-electron chi connectivity index (χ3n) is 4.74. The standard InChI is InChI=1S/C18H29N.2C2H6/c1-13(2)18-12-15(4)9-10-19(18)16(5)17-8-6-7-14(3)11-17;2*1-2/h6-8,11,13,15-16,18H,9-10,12H2,1-5H3;2*1-2H3. The Bertz CT molecular complexity index is 410. The van der Waals surface area contributed by atoms with E-state index in [9.17, 15) is 0 Å². The van der Waals surface area contributed by atoms with E-state index in [4.69, 9.17) is 0 Å². The second kappa shape index (κ2) is 11.7. The summed E-state index contributed by atoms with van der Waals surface area (Å²) in [5.74, 6) is 1.63. The Morgan fingerprint density at radius 1 is 1.04 bits per heavy atom.